The summed E-state index contributed by atoms with van der Waals surface area (Å²) in [7, 11) is 0. The number of hydrogen-bond acceptors (Lipinski definition) is 4. The van der Waals surface area contributed by atoms with Crippen LogP contribution < -0.4 is 20.5 Å². The first-order chi connectivity index (χ1) is 10.0. The molecule has 0 aliphatic carbocycles. The van der Waals surface area contributed by atoms with E-state index in [-0.39, 0.29) is 10.2 Å². The monoisotopic (exact) mass is 356 g/mol. The second-order valence-corrected chi connectivity index (χ2v) is 5.31. The first-order valence-electron chi connectivity index (χ1n) is 6.15. The predicted molar refractivity (Wildman–Crippen MR) is 79.2 cm³/mol. The van der Waals surface area contributed by atoms with Crippen LogP contribution in [0.5, 0.6) is 11.5 Å². The Morgan fingerprint density at radius 1 is 0.952 bits per heavy atom. The van der Waals surface area contributed by atoms with Gasteiger partial charge in [0.05, 0.1) is 21.5 Å². The molecule has 2 aromatic carbocycles. The van der Waals surface area contributed by atoms with Gasteiger partial charge in [-0.1, -0.05) is 0 Å². The quantitative estimate of drug-likeness (QED) is 0.634. The third-order valence-corrected chi connectivity index (χ3v) is 3.60. The molecule has 3 rings (SSSR count). The topological polar surface area (TPSA) is 56.5 Å². The molecular weight excluding hydrogens is 346 g/mol. The molecule has 7 heteroatoms. The fraction of sp³-hybridized carbons (Fsp3) is 0.143. The number of benzene rings is 2. The van der Waals surface area contributed by atoms with Gasteiger partial charge in [0.2, 0.25) is 0 Å². The second-order valence-electron chi connectivity index (χ2n) is 4.45. The van der Waals surface area contributed by atoms with Crippen LogP contribution in [0.3, 0.4) is 0 Å². The maximum absolute atomic E-state index is 13.8. The van der Waals surface area contributed by atoms with Crippen molar-refractivity contribution in [1.82, 2.24) is 0 Å². The molecule has 110 valence electrons. The number of rotatable bonds is 2. The van der Waals surface area contributed by atoms with Gasteiger partial charge >= 0.3 is 0 Å². The van der Waals surface area contributed by atoms with Crippen molar-refractivity contribution in [2.45, 2.75) is 0 Å². The lowest BCUT2D eigenvalue weighted by molar-refractivity contribution is 0.172. The van der Waals surface area contributed by atoms with Crippen molar-refractivity contribution in [3.63, 3.8) is 0 Å². The molecule has 0 bridgehead atoms. The standard InChI is InChI=1S/C14H11BrF2N2O2/c15-7-3-11(9(17)4-8(7)16)19-12-6-14-13(5-10(12)18)20-1-2-21-14/h3-6,19H,1-2,18H2. The van der Waals surface area contributed by atoms with Crippen molar-refractivity contribution in [3.8, 4) is 11.5 Å². The first-order valence-corrected chi connectivity index (χ1v) is 6.94. The van der Waals surface area contributed by atoms with Crippen LogP contribution in [-0.2, 0) is 0 Å². The van der Waals surface area contributed by atoms with Crippen LogP contribution >= 0.6 is 15.9 Å². The summed E-state index contributed by atoms with van der Waals surface area (Å²) in [6.07, 6.45) is 0. The number of anilines is 3. The summed E-state index contributed by atoms with van der Waals surface area (Å²) in [6.45, 7) is 0.894. The van der Waals surface area contributed by atoms with E-state index in [2.05, 4.69) is 21.2 Å². The summed E-state index contributed by atoms with van der Waals surface area (Å²) in [6, 6.07) is 5.33. The Morgan fingerprint density at radius 3 is 2.33 bits per heavy atom. The van der Waals surface area contributed by atoms with Crippen LogP contribution in [0.2, 0.25) is 0 Å². The summed E-state index contributed by atoms with van der Waals surface area (Å²) >= 11 is 3.01. The normalized spacial score (nSPS) is 13.1. The third-order valence-electron chi connectivity index (χ3n) is 2.99. The number of nitrogen functional groups attached to an aromatic ring is 1. The minimum Gasteiger partial charge on any atom is -0.486 e. The van der Waals surface area contributed by atoms with Crippen molar-refractivity contribution in [1.29, 1.82) is 0 Å². The molecule has 1 aliphatic heterocycles. The Kier molecular flexibility index (Phi) is 3.59. The molecule has 0 atom stereocenters. The van der Waals surface area contributed by atoms with E-state index in [0.717, 1.165) is 6.07 Å². The van der Waals surface area contributed by atoms with Crippen molar-refractivity contribution in [2.75, 3.05) is 24.3 Å². The van der Waals surface area contributed by atoms with Gasteiger partial charge in [-0.2, -0.15) is 0 Å². The van der Waals surface area contributed by atoms with E-state index in [1.165, 1.54) is 6.07 Å². The molecule has 1 heterocycles. The van der Waals surface area contributed by atoms with Crippen molar-refractivity contribution in [3.05, 3.63) is 40.4 Å². The van der Waals surface area contributed by atoms with Gasteiger partial charge in [0.1, 0.15) is 24.8 Å². The molecule has 21 heavy (non-hydrogen) atoms. The molecule has 0 amide bonds. The molecule has 3 N–H and O–H groups in total. The molecule has 0 spiro atoms. The highest BCUT2D eigenvalue weighted by molar-refractivity contribution is 9.10. The van der Waals surface area contributed by atoms with E-state index in [0.29, 0.717) is 36.1 Å². The highest BCUT2D eigenvalue weighted by Gasteiger charge is 2.16. The SMILES string of the molecule is Nc1cc2c(cc1Nc1cc(Br)c(F)cc1F)OCCO2. The van der Waals surface area contributed by atoms with Crippen LogP contribution in [0.25, 0.3) is 0 Å². The summed E-state index contributed by atoms with van der Waals surface area (Å²) in [5.41, 5.74) is 6.84. The average Bonchev–Trinajstić information content (AvgIpc) is 2.45. The predicted octanol–water partition coefficient (Wildman–Crippen LogP) is 3.82. The van der Waals surface area contributed by atoms with Gasteiger partial charge in [-0.05, 0) is 22.0 Å². The summed E-state index contributed by atoms with van der Waals surface area (Å²) in [5.74, 6) is -0.317. The minimum absolute atomic E-state index is 0.103. The van der Waals surface area contributed by atoms with E-state index >= 15 is 0 Å². The maximum atomic E-state index is 13.8. The minimum atomic E-state index is -0.718. The van der Waals surface area contributed by atoms with E-state index < -0.39 is 11.6 Å². The second kappa shape index (κ2) is 5.40. The number of nitrogens with one attached hydrogen (secondary N) is 1. The van der Waals surface area contributed by atoms with Crippen LogP contribution in [0.15, 0.2) is 28.7 Å². The number of halogens is 3. The van der Waals surface area contributed by atoms with E-state index in [9.17, 15) is 8.78 Å². The van der Waals surface area contributed by atoms with Gasteiger partial charge in [0.15, 0.2) is 11.5 Å². The fourth-order valence-corrected chi connectivity index (χ4v) is 2.32. The fourth-order valence-electron chi connectivity index (χ4n) is 1.98. The van der Waals surface area contributed by atoms with Crippen molar-refractivity contribution < 1.29 is 18.3 Å². The largest absolute Gasteiger partial charge is 0.486 e. The lowest BCUT2D eigenvalue weighted by atomic mass is 10.2. The van der Waals surface area contributed by atoms with E-state index in [1.54, 1.807) is 12.1 Å². The van der Waals surface area contributed by atoms with Gasteiger partial charge in [-0.25, -0.2) is 8.78 Å². The molecular formula is C14H11BrF2N2O2. The smallest absolute Gasteiger partial charge is 0.163 e. The highest BCUT2D eigenvalue weighted by Crippen LogP contribution is 2.38. The lowest BCUT2D eigenvalue weighted by Gasteiger charge is -2.20. The Bertz CT molecular complexity index is 710. The summed E-state index contributed by atoms with van der Waals surface area (Å²) in [5, 5.41) is 2.83. The molecule has 0 unspecified atom stereocenters. The Balaban J connectivity index is 1.96. The molecule has 2 aromatic rings. The zero-order valence-electron chi connectivity index (χ0n) is 10.8. The average molecular weight is 357 g/mol. The van der Waals surface area contributed by atoms with Gasteiger partial charge in [0, 0.05) is 18.2 Å². The van der Waals surface area contributed by atoms with Crippen LogP contribution in [0.1, 0.15) is 0 Å². The van der Waals surface area contributed by atoms with Gasteiger partial charge in [-0.15, -0.1) is 0 Å². The van der Waals surface area contributed by atoms with E-state index in [1.807, 2.05) is 0 Å². The van der Waals surface area contributed by atoms with Gasteiger partial charge < -0.3 is 20.5 Å². The maximum Gasteiger partial charge on any atom is 0.163 e. The molecule has 0 fully saturated rings. The summed E-state index contributed by atoms with van der Waals surface area (Å²) < 4.78 is 38.0. The molecule has 4 nitrogen and oxygen atoms in total. The number of ether oxygens (including phenoxy) is 2. The van der Waals surface area contributed by atoms with Crippen LogP contribution in [-0.4, -0.2) is 13.2 Å². The number of nitrogens with two attached hydrogens (primary N) is 1. The number of fused-ring (bicyclic) bond motifs is 1. The van der Waals surface area contributed by atoms with Gasteiger partial charge in [-0.3, -0.25) is 0 Å². The molecule has 0 aromatic heterocycles. The number of hydrogen-bond donors (Lipinski definition) is 2. The molecule has 0 saturated carbocycles. The van der Waals surface area contributed by atoms with Crippen LogP contribution in [0, 0.1) is 11.6 Å². The zero-order valence-corrected chi connectivity index (χ0v) is 12.3. The van der Waals surface area contributed by atoms with Crippen molar-refractivity contribution in [2.24, 2.45) is 0 Å². The molecule has 1 aliphatic rings. The molecule has 0 radical (unpaired) electrons. The highest BCUT2D eigenvalue weighted by atomic mass is 79.9. The summed E-state index contributed by atoms with van der Waals surface area (Å²) in [4.78, 5) is 0. The lowest BCUT2D eigenvalue weighted by Crippen LogP contribution is -2.15. The third kappa shape index (κ3) is 2.73. The first kappa shape index (κ1) is 13.9. The Hall–Kier alpha value is -2.02. The van der Waals surface area contributed by atoms with Gasteiger partial charge in [0.25, 0.3) is 0 Å². The van der Waals surface area contributed by atoms with Crippen LogP contribution in [0.4, 0.5) is 25.8 Å². The Labute approximate surface area is 128 Å². The van der Waals surface area contributed by atoms with E-state index in [4.69, 9.17) is 15.2 Å². The van der Waals surface area contributed by atoms with Crippen molar-refractivity contribution >= 4 is 33.0 Å². The zero-order chi connectivity index (χ0) is 15.0. The Morgan fingerprint density at radius 2 is 1.62 bits per heavy atom. The molecule has 0 saturated heterocycles.